The van der Waals surface area contributed by atoms with Crippen LogP contribution in [0.3, 0.4) is 0 Å². The van der Waals surface area contributed by atoms with E-state index in [9.17, 15) is 19.5 Å². The molecule has 0 heterocycles. The molecule has 0 N–H and O–H groups in total. The number of esters is 2. The normalized spacial score (nSPS) is 13.8. The summed E-state index contributed by atoms with van der Waals surface area (Å²) >= 11 is 0. The summed E-state index contributed by atoms with van der Waals surface area (Å²) in [5, 5.41) is 11.7. The van der Waals surface area contributed by atoms with Gasteiger partial charge in [0.2, 0.25) is 0 Å². The maximum atomic E-state index is 12.8. The zero-order valence-corrected chi connectivity index (χ0v) is 44.1. The summed E-state index contributed by atoms with van der Waals surface area (Å²) in [5.41, 5.74) is 0. The Morgan fingerprint density at radius 1 is 0.435 bits per heavy atom. The molecule has 0 fully saturated rings. The van der Waals surface area contributed by atoms with Gasteiger partial charge in [-0.2, -0.15) is 0 Å². The van der Waals surface area contributed by atoms with Gasteiger partial charge >= 0.3 is 11.9 Å². The summed E-state index contributed by atoms with van der Waals surface area (Å²) in [7, 11) is 5.89. The molecule has 2 atom stereocenters. The van der Waals surface area contributed by atoms with E-state index in [1.54, 1.807) is 0 Å². The number of allylic oxidation sites excluding steroid dienone is 20. The number of carboxylic acids is 1. The van der Waals surface area contributed by atoms with Gasteiger partial charge < -0.3 is 33.3 Å². The topological polar surface area (TPSA) is 111 Å². The first-order valence-electron chi connectivity index (χ1n) is 26.7. The number of carboxylic acid groups (broad SMARTS) is 1. The molecule has 0 saturated heterocycles. The Morgan fingerprint density at radius 3 is 1.17 bits per heavy atom. The van der Waals surface area contributed by atoms with Crippen LogP contribution < -0.4 is 5.11 Å². The molecule has 0 rings (SSSR count). The molecule has 2 unspecified atom stereocenters. The minimum Gasteiger partial charge on any atom is -0.545 e. The molecule has 0 aliphatic carbocycles. The number of unbranched alkanes of at least 4 members (excludes halogenated alkanes) is 12. The maximum absolute atomic E-state index is 12.8. The van der Waals surface area contributed by atoms with Crippen molar-refractivity contribution >= 4 is 17.9 Å². The number of hydrogen-bond acceptors (Lipinski definition) is 8. The quantitative estimate of drug-likeness (QED) is 0.0195. The summed E-state index contributed by atoms with van der Waals surface area (Å²) in [6, 6.07) is 0. The lowest BCUT2D eigenvalue weighted by Crippen LogP contribution is -2.44. The second kappa shape index (κ2) is 50.1. The third-order valence-corrected chi connectivity index (χ3v) is 10.7. The van der Waals surface area contributed by atoms with E-state index in [2.05, 4.69) is 135 Å². The second-order valence-corrected chi connectivity index (χ2v) is 18.4. The molecule has 0 aromatic rings. The SMILES string of the molecule is CC/C=C\C/C=C\C/C=C\C/C=C\C/C=C\C/C=C\C/C=C\CCCCCCCCCCCC(=O)OC(COC(=O)CCCCC/C=C\C/C=C\C/C=C\CC)COC(OCC[N+](C)(C)C)C(=O)[O-]. The Hall–Kier alpha value is -4.31. The lowest BCUT2D eigenvalue weighted by molar-refractivity contribution is -0.870. The van der Waals surface area contributed by atoms with E-state index < -0.39 is 30.3 Å². The maximum Gasteiger partial charge on any atom is 0.306 e. The summed E-state index contributed by atoms with van der Waals surface area (Å²) in [5.74, 6) is -2.35. The van der Waals surface area contributed by atoms with E-state index in [0.29, 0.717) is 23.9 Å². The number of rotatable bonds is 47. The predicted molar refractivity (Wildman–Crippen MR) is 287 cm³/mol. The average molecular weight is 960 g/mol. The van der Waals surface area contributed by atoms with Crippen LogP contribution in [0.4, 0.5) is 0 Å². The Balaban J connectivity index is 4.28. The van der Waals surface area contributed by atoms with Crippen LogP contribution >= 0.6 is 0 Å². The molecule has 9 nitrogen and oxygen atoms in total. The Morgan fingerprint density at radius 2 is 0.783 bits per heavy atom. The Labute approximate surface area is 421 Å². The molecule has 0 bridgehead atoms. The van der Waals surface area contributed by atoms with Crippen LogP contribution in [0.5, 0.6) is 0 Å². The molecule has 9 heteroatoms. The van der Waals surface area contributed by atoms with E-state index in [1.807, 2.05) is 21.1 Å². The minimum absolute atomic E-state index is 0.135. The van der Waals surface area contributed by atoms with Gasteiger partial charge in [0, 0.05) is 12.8 Å². The van der Waals surface area contributed by atoms with Gasteiger partial charge in [0.1, 0.15) is 13.2 Å². The number of hydrogen-bond donors (Lipinski definition) is 0. The smallest absolute Gasteiger partial charge is 0.306 e. The van der Waals surface area contributed by atoms with Crippen molar-refractivity contribution in [1.29, 1.82) is 0 Å². The van der Waals surface area contributed by atoms with Crippen molar-refractivity contribution in [2.24, 2.45) is 0 Å². The molecule has 0 saturated carbocycles. The van der Waals surface area contributed by atoms with Gasteiger partial charge in [-0.05, 0) is 103 Å². The highest BCUT2D eigenvalue weighted by Gasteiger charge is 2.21. The van der Waals surface area contributed by atoms with Gasteiger partial charge in [-0.25, -0.2) is 0 Å². The average Bonchev–Trinajstić information content (AvgIpc) is 3.31. The highest BCUT2D eigenvalue weighted by molar-refractivity contribution is 5.70. The van der Waals surface area contributed by atoms with E-state index in [1.165, 1.54) is 32.1 Å². The molecular weight excluding hydrogens is 863 g/mol. The molecule has 0 aromatic heterocycles. The van der Waals surface area contributed by atoms with E-state index in [4.69, 9.17) is 18.9 Å². The molecule has 0 aliphatic heterocycles. The molecule has 0 spiro atoms. The first-order chi connectivity index (χ1) is 33.6. The van der Waals surface area contributed by atoms with Crippen molar-refractivity contribution in [1.82, 2.24) is 0 Å². The van der Waals surface area contributed by atoms with Gasteiger partial charge in [0.25, 0.3) is 0 Å². The van der Waals surface area contributed by atoms with Crippen molar-refractivity contribution in [3.8, 4) is 0 Å². The largest absolute Gasteiger partial charge is 0.545 e. The number of ether oxygens (including phenoxy) is 4. The second-order valence-electron chi connectivity index (χ2n) is 18.4. The number of aliphatic carboxylic acids is 1. The van der Waals surface area contributed by atoms with Crippen LogP contribution in [0.25, 0.3) is 0 Å². The fourth-order valence-corrected chi connectivity index (χ4v) is 6.65. The van der Waals surface area contributed by atoms with Crippen LogP contribution in [0.2, 0.25) is 0 Å². The molecule has 69 heavy (non-hydrogen) atoms. The minimum atomic E-state index is -1.64. The number of carbonyl (C=O) groups is 3. The summed E-state index contributed by atoms with van der Waals surface area (Å²) in [6.07, 6.45) is 66.8. The van der Waals surface area contributed by atoms with Crippen molar-refractivity contribution in [3.05, 3.63) is 122 Å². The molecule has 390 valence electrons. The van der Waals surface area contributed by atoms with Crippen LogP contribution in [-0.2, 0) is 33.3 Å². The fourth-order valence-electron chi connectivity index (χ4n) is 6.65. The summed E-state index contributed by atoms with van der Waals surface area (Å²) < 4.78 is 22.6. The number of likely N-dealkylation sites (N-methyl/N-ethyl adjacent to an activating group) is 1. The Kier molecular flexibility index (Phi) is 47.0. The van der Waals surface area contributed by atoms with Gasteiger partial charge in [-0.1, -0.05) is 187 Å². The highest BCUT2D eigenvalue weighted by atomic mass is 16.7. The van der Waals surface area contributed by atoms with Crippen LogP contribution in [0, 0.1) is 0 Å². The van der Waals surface area contributed by atoms with Gasteiger partial charge in [-0.3, -0.25) is 9.59 Å². The lowest BCUT2D eigenvalue weighted by Gasteiger charge is -2.26. The molecule has 0 aliphatic rings. The van der Waals surface area contributed by atoms with Crippen LogP contribution in [-0.4, -0.2) is 82.3 Å². The first kappa shape index (κ1) is 64.7. The molecule has 0 radical (unpaired) electrons. The number of quaternary nitrogens is 1. The number of carbonyl (C=O) groups excluding carboxylic acids is 3. The zero-order chi connectivity index (χ0) is 50.6. The monoisotopic (exact) mass is 960 g/mol. The fraction of sp³-hybridized carbons (Fsp3) is 0.617. The summed E-state index contributed by atoms with van der Waals surface area (Å²) in [6.45, 7) is 4.44. The molecule has 0 aromatic carbocycles. The first-order valence-corrected chi connectivity index (χ1v) is 26.7. The van der Waals surface area contributed by atoms with E-state index in [0.717, 1.165) is 109 Å². The molecule has 0 amide bonds. The van der Waals surface area contributed by atoms with Crippen molar-refractivity contribution < 1.29 is 42.9 Å². The van der Waals surface area contributed by atoms with Crippen molar-refractivity contribution in [3.63, 3.8) is 0 Å². The highest BCUT2D eigenvalue weighted by Crippen LogP contribution is 2.14. The van der Waals surface area contributed by atoms with Crippen LogP contribution in [0.15, 0.2) is 122 Å². The lowest BCUT2D eigenvalue weighted by atomic mass is 10.1. The van der Waals surface area contributed by atoms with Crippen molar-refractivity contribution in [2.75, 3.05) is 47.5 Å². The van der Waals surface area contributed by atoms with Gasteiger partial charge in [-0.15, -0.1) is 0 Å². The standard InChI is InChI=1S/C60H97NO8/c1-6-8-10-12-14-16-18-20-21-22-23-24-25-26-27-28-29-30-31-32-33-34-35-36-37-39-41-43-45-47-49-51-58(63)69-56(55-68-60(59(64)65)66-53-52-61(3,4)5)54-67-57(62)50-48-46-44-42-40-38-19-17-15-13-11-9-7-2/h8-11,14-17,20-21,23-24,26-27,29-30,32-33,38,40,56,60H,6-7,12-13,18-19,22,25,28,31,34-37,39,41-55H2,1-5H3/b10-8-,11-9-,16-14-,17-15-,21-20-,24-23-,27-26-,30-29-,33-32-,40-38-. The Bertz CT molecular complexity index is 1540. The van der Waals surface area contributed by atoms with Crippen LogP contribution in [0.1, 0.15) is 181 Å². The van der Waals surface area contributed by atoms with E-state index >= 15 is 0 Å². The third kappa shape index (κ3) is 51.4. The van der Waals surface area contributed by atoms with E-state index in [-0.39, 0.29) is 32.7 Å². The third-order valence-electron chi connectivity index (χ3n) is 10.7. The predicted octanol–water partition coefficient (Wildman–Crippen LogP) is 14.0. The summed E-state index contributed by atoms with van der Waals surface area (Å²) in [4.78, 5) is 37.1. The number of nitrogens with zero attached hydrogens (tertiary/aromatic N) is 1. The zero-order valence-electron chi connectivity index (χ0n) is 44.1. The van der Waals surface area contributed by atoms with Crippen molar-refractivity contribution in [2.45, 2.75) is 193 Å². The van der Waals surface area contributed by atoms with Gasteiger partial charge in [0.15, 0.2) is 12.4 Å². The molecular formula is C60H97NO8. The van der Waals surface area contributed by atoms with Gasteiger partial charge in [0.05, 0.1) is 40.3 Å².